The number of hydrogen-bond acceptors (Lipinski definition) is 4. The molecule has 0 fully saturated rings. The Morgan fingerprint density at radius 3 is 2.29 bits per heavy atom. The van der Waals surface area contributed by atoms with Gasteiger partial charge in [0.1, 0.15) is 0 Å². The van der Waals surface area contributed by atoms with Crippen LogP contribution in [0.5, 0.6) is 0 Å². The lowest BCUT2D eigenvalue weighted by atomic mass is 10.1. The summed E-state index contributed by atoms with van der Waals surface area (Å²) < 4.78 is 4.89. The van der Waals surface area contributed by atoms with E-state index < -0.39 is 10.9 Å². The highest BCUT2D eigenvalue weighted by atomic mass is 16.6. The van der Waals surface area contributed by atoms with Crippen molar-refractivity contribution < 1.29 is 14.5 Å². The summed E-state index contributed by atoms with van der Waals surface area (Å²) in [4.78, 5) is 21.8. The molecule has 5 nitrogen and oxygen atoms in total. The van der Waals surface area contributed by atoms with Crippen LogP contribution in [0, 0.1) is 10.1 Å². The Bertz CT molecular complexity index is 361. The quantitative estimate of drug-likeness (QED) is 0.134. The zero-order valence-corrected chi connectivity index (χ0v) is 13.2. The SMILES string of the molecule is C=CCCCCCCCC/C(=C\C(=O)OC(C)C)[N+](=O)[O-]. The first-order valence-electron chi connectivity index (χ1n) is 7.63. The third-order valence-electron chi connectivity index (χ3n) is 2.96. The first-order valence-corrected chi connectivity index (χ1v) is 7.63. The van der Waals surface area contributed by atoms with Crippen molar-refractivity contribution in [1.29, 1.82) is 0 Å². The maximum atomic E-state index is 11.4. The number of carbonyl (C=O) groups is 1. The van der Waals surface area contributed by atoms with E-state index in [4.69, 9.17) is 4.74 Å². The average Bonchev–Trinajstić information content (AvgIpc) is 2.39. The summed E-state index contributed by atoms with van der Waals surface area (Å²) in [6.07, 6.45) is 10.2. The molecule has 0 radical (unpaired) electrons. The van der Waals surface area contributed by atoms with Gasteiger partial charge >= 0.3 is 5.97 Å². The van der Waals surface area contributed by atoms with Gasteiger partial charge < -0.3 is 4.74 Å². The molecule has 0 aliphatic carbocycles. The van der Waals surface area contributed by atoms with Crippen molar-refractivity contribution in [2.45, 2.75) is 71.3 Å². The Labute approximate surface area is 127 Å². The van der Waals surface area contributed by atoms with Gasteiger partial charge in [0, 0.05) is 6.42 Å². The standard InChI is InChI=1S/C16H27NO4/c1-4-5-6-7-8-9-10-11-12-15(17(19)20)13-16(18)21-14(2)3/h4,13-14H,1,5-12H2,2-3H3/b15-13+. The molecule has 0 saturated carbocycles. The topological polar surface area (TPSA) is 69.4 Å². The van der Waals surface area contributed by atoms with Crippen LogP contribution in [0.1, 0.15) is 65.2 Å². The molecule has 0 spiro atoms. The lowest BCUT2D eigenvalue weighted by Crippen LogP contribution is -2.11. The van der Waals surface area contributed by atoms with Gasteiger partial charge in [0.2, 0.25) is 0 Å². The summed E-state index contributed by atoms with van der Waals surface area (Å²) in [5.41, 5.74) is -0.0627. The summed E-state index contributed by atoms with van der Waals surface area (Å²) in [5.74, 6) is -0.638. The molecule has 0 amide bonds. The Balaban J connectivity index is 3.95. The predicted molar refractivity (Wildman–Crippen MR) is 83.4 cm³/mol. The predicted octanol–water partition coefficient (Wildman–Crippen LogP) is 4.41. The van der Waals surface area contributed by atoms with Crippen LogP contribution < -0.4 is 0 Å². The number of nitrogens with zero attached hydrogens (tertiary/aromatic N) is 1. The highest BCUT2D eigenvalue weighted by Crippen LogP contribution is 2.13. The van der Waals surface area contributed by atoms with Gasteiger partial charge in [-0.2, -0.15) is 0 Å². The highest BCUT2D eigenvalue weighted by molar-refractivity contribution is 5.82. The van der Waals surface area contributed by atoms with Gasteiger partial charge in [0.15, 0.2) is 0 Å². The summed E-state index contributed by atoms with van der Waals surface area (Å²) in [6.45, 7) is 7.10. The van der Waals surface area contributed by atoms with Crippen molar-refractivity contribution >= 4 is 5.97 Å². The molecule has 0 N–H and O–H groups in total. The largest absolute Gasteiger partial charge is 0.460 e. The molecule has 0 unspecified atom stereocenters. The minimum absolute atomic E-state index is 0.0627. The number of hydrogen-bond donors (Lipinski definition) is 0. The molecule has 0 bridgehead atoms. The van der Waals surface area contributed by atoms with Crippen LogP contribution in [-0.2, 0) is 9.53 Å². The number of ether oxygens (including phenoxy) is 1. The molecule has 0 aromatic carbocycles. The normalized spacial score (nSPS) is 11.5. The molecule has 5 heteroatoms. The second-order valence-electron chi connectivity index (χ2n) is 5.33. The van der Waals surface area contributed by atoms with Gasteiger partial charge in [-0.05, 0) is 33.1 Å². The summed E-state index contributed by atoms with van der Waals surface area (Å²) in [5, 5.41) is 10.9. The lowest BCUT2D eigenvalue weighted by Gasteiger charge is -2.05. The second-order valence-corrected chi connectivity index (χ2v) is 5.33. The molecule has 0 aromatic heterocycles. The van der Waals surface area contributed by atoms with Crippen molar-refractivity contribution in [3.8, 4) is 0 Å². The van der Waals surface area contributed by atoms with E-state index >= 15 is 0 Å². The Morgan fingerprint density at radius 2 is 1.76 bits per heavy atom. The van der Waals surface area contributed by atoms with E-state index in [0.29, 0.717) is 6.42 Å². The van der Waals surface area contributed by atoms with E-state index in [1.807, 2.05) is 6.08 Å². The smallest absolute Gasteiger partial charge is 0.337 e. The van der Waals surface area contributed by atoms with Crippen LogP contribution in [0.4, 0.5) is 0 Å². The molecule has 0 aliphatic heterocycles. The fourth-order valence-electron chi connectivity index (χ4n) is 1.92. The van der Waals surface area contributed by atoms with Gasteiger partial charge in [-0.25, -0.2) is 4.79 Å². The van der Waals surface area contributed by atoms with Gasteiger partial charge in [0.25, 0.3) is 5.70 Å². The number of rotatable bonds is 12. The van der Waals surface area contributed by atoms with Crippen LogP contribution in [0.2, 0.25) is 0 Å². The molecule has 21 heavy (non-hydrogen) atoms. The van der Waals surface area contributed by atoms with Crippen molar-refractivity contribution in [2.75, 3.05) is 0 Å². The summed E-state index contributed by atoms with van der Waals surface area (Å²) in [7, 11) is 0. The monoisotopic (exact) mass is 297 g/mol. The fourth-order valence-corrected chi connectivity index (χ4v) is 1.92. The zero-order valence-electron chi connectivity index (χ0n) is 13.2. The minimum Gasteiger partial charge on any atom is -0.460 e. The molecular weight excluding hydrogens is 270 g/mol. The molecule has 0 heterocycles. The summed E-state index contributed by atoms with van der Waals surface area (Å²) in [6, 6.07) is 0. The second kappa shape index (κ2) is 12.1. The molecule has 0 rings (SSSR count). The number of nitro groups is 1. The summed E-state index contributed by atoms with van der Waals surface area (Å²) >= 11 is 0. The van der Waals surface area contributed by atoms with Crippen LogP contribution >= 0.6 is 0 Å². The van der Waals surface area contributed by atoms with Crippen molar-refractivity contribution in [3.63, 3.8) is 0 Å². The Kier molecular flexibility index (Phi) is 11.2. The number of carbonyl (C=O) groups excluding carboxylic acids is 1. The third kappa shape index (κ3) is 11.8. The molecular formula is C16H27NO4. The highest BCUT2D eigenvalue weighted by Gasteiger charge is 2.14. The van der Waals surface area contributed by atoms with Gasteiger partial charge in [-0.15, -0.1) is 6.58 Å². The van der Waals surface area contributed by atoms with E-state index in [1.165, 1.54) is 6.42 Å². The van der Waals surface area contributed by atoms with Gasteiger partial charge in [0.05, 0.1) is 17.1 Å². The number of esters is 1. The lowest BCUT2D eigenvalue weighted by molar-refractivity contribution is -0.428. The molecule has 120 valence electrons. The van der Waals surface area contributed by atoms with E-state index in [9.17, 15) is 14.9 Å². The fraction of sp³-hybridized carbons (Fsp3) is 0.688. The van der Waals surface area contributed by atoms with E-state index in [0.717, 1.165) is 44.6 Å². The van der Waals surface area contributed by atoms with Gasteiger partial charge in [-0.1, -0.05) is 31.8 Å². The zero-order chi connectivity index (χ0) is 16.1. The Morgan fingerprint density at radius 1 is 1.19 bits per heavy atom. The van der Waals surface area contributed by atoms with E-state index in [-0.39, 0.29) is 11.8 Å². The van der Waals surface area contributed by atoms with E-state index in [2.05, 4.69) is 6.58 Å². The molecule has 0 aliphatic rings. The Hall–Kier alpha value is -1.65. The van der Waals surface area contributed by atoms with E-state index in [1.54, 1.807) is 13.8 Å². The molecule has 0 atom stereocenters. The molecule has 0 saturated heterocycles. The van der Waals surface area contributed by atoms with Crippen LogP contribution in [0.15, 0.2) is 24.4 Å². The van der Waals surface area contributed by atoms with Crippen LogP contribution in [0.3, 0.4) is 0 Å². The van der Waals surface area contributed by atoms with Crippen molar-refractivity contribution in [3.05, 3.63) is 34.5 Å². The van der Waals surface area contributed by atoms with Crippen molar-refractivity contribution in [1.82, 2.24) is 0 Å². The number of allylic oxidation sites excluding steroid dienone is 2. The van der Waals surface area contributed by atoms with Crippen molar-refractivity contribution in [2.24, 2.45) is 0 Å². The maximum Gasteiger partial charge on any atom is 0.337 e. The van der Waals surface area contributed by atoms with Gasteiger partial charge in [-0.3, -0.25) is 10.1 Å². The first-order chi connectivity index (χ1) is 9.97. The number of unbranched alkanes of at least 4 members (excludes halogenated alkanes) is 6. The van der Waals surface area contributed by atoms with Crippen LogP contribution in [0.25, 0.3) is 0 Å². The first kappa shape index (κ1) is 19.4. The minimum atomic E-state index is -0.638. The van der Waals surface area contributed by atoms with Crippen LogP contribution in [-0.4, -0.2) is 17.0 Å². The third-order valence-corrected chi connectivity index (χ3v) is 2.96. The molecule has 0 aromatic rings. The maximum absolute atomic E-state index is 11.4. The average molecular weight is 297 g/mol.